The Balaban J connectivity index is 1.65. The van der Waals surface area contributed by atoms with Gasteiger partial charge in [-0.25, -0.2) is 0 Å². The zero-order valence-electron chi connectivity index (χ0n) is 13.8. The molecule has 6 nitrogen and oxygen atoms in total. The van der Waals surface area contributed by atoms with Crippen molar-refractivity contribution >= 4 is 11.8 Å². The maximum Gasteiger partial charge on any atom is 0.243 e. The molecule has 0 spiro atoms. The fourth-order valence-electron chi connectivity index (χ4n) is 2.91. The summed E-state index contributed by atoms with van der Waals surface area (Å²) in [5.74, 6) is -0.0951. The van der Waals surface area contributed by atoms with Crippen molar-refractivity contribution in [3.63, 3.8) is 0 Å². The molecule has 2 aromatic rings. The largest absolute Gasteiger partial charge is 0.508 e. The molecule has 1 aliphatic heterocycles. The van der Waals surface area contributed by atoms with Crippen molar-refractivity contribution in [3.8, 4) is 11.5 Å². The zero-order chi connectivity index (χ0) is 18.0. The molecule has 0 saturated carbocycles. The standard InChI is InChI=1S/C19H20N2O4/c1-11-8-13(4-7-17(11)23)10-16-19(25)20-15(18(24)21-16)9-12-2-5-14(22)6-3-12/h2-8,15-16,22-23H,9-10H2,1H3,(H,20,25)(H,21,24)/t15-,16-/m0/s1. The van der Waals surface area contributed by atoms with Crippen molar-refractivity contribution in [1.29, 1.82) is 0 Å². The lowest BCUT2D eigenvalue weighted by atomic mass is 9.98. The van der Waals surface area contributed by atoms with E-state index in [4.69, 9.17) is 0 Å². The van der Waals surface area contributed by atoms with Gasteiger partial charge in [-0.15, -0.1) is 0 Å². The first-order valence-electron chi connectivity index (χ1n) is 8.09. The molecule has 0 bridgehead atoms. The predicted molar refractivity (Wildman–Crippen MR) is 92.2 cm³/mol. The SMILES string of the molecule is Cc1cc(C[C@@H]2NC(=O)[C@H](Cc3ccc(O)cc3)NC2=O)ccc1O. The van der Waals surface area contributed by atoms with Gasteiger partial charge in [0.2, 0.25) is 11.8 Å². The summed E-state index contributed by atoms with van der Waals surface area (Å²) in [7, 11) is 0. The maximum atomic E-state index is 12.3. The van der Waals surface area contributed by atoms with Gasteiger partial charge in [0.15, 0.2) is 0 Å². The highest BCUT2D eigenvalue weighted by atomic mass is 16.3. The van der Waals surface area contributed by atoms with E-state index in [0.717, 1.165) is 16.7 Å². The van der Waals surface area contributed by atoms with E-state index in [2.05, 4.69) is 10.6 Å². The van der Waals surface area contributed by atoms with E-state index in [9.17, 15) is 19.8 Å². The van der Waals surface area contributed by atoms with Crippen LogP contribution >= 0.6 is 0 Å². The van der Waals surface area contributed by atoms with E-state index in [1.807, 2.05) is 0 Å². The Morgan fingerprint density at radius 1 is 0.840 bits per heavy atom. The number of piperazine rings is 1. The third-order valence-electron chi connectivity index (χ3n) is 4.34. The molecular formula is C19H20N2O4. The lowest BCUT2D eigenvalue weighted by Gasteiger charge is -2.30. The van der Waals surface area contributed by atoms with Gasteiger partial charge in [-0.1, -0.05) is 24.3 Å². The van der Waals surface area contributed by atoms with Crippen molar-refractivity contribution in [2.75, 3.05) is 0 Å². The molecule has 1 saturated heterocycles. The van der Waals surface area contributed by atoms with Crippen LogP contribution in [0.5, 0.6) is 11.5 Å². The molecular weight excluding hydrogens is 320 g/mol. The van der Waals surface area contributed by atoms with Crippen LogP contribution in [-0.4, -0.2) is 34.1 Å². The number of benzene rings is 2. The molecule has 6 heteroatoms. The van der Waals surface area contributed by atoms with Crippen molar-refractivity contribution in [2.24, 2.45) is 0 Å². The molecule has 4 N–H and O–H groups in total. The van der Waals surface area contributed by atoms with Gasteiger partial charge in [-0.05, 0) is 41.8 Å². The Bertz CT molecular complexity index is 802. The lowest BCUT2D eigenvalue weighted by molar-refractivity contribution is -0.136. The van der Waals surface area contributed by atoms with Crippen LogP contribution in [0.3, 0.4) is 0 Å². The summed E-state index contributed by atoms with van der Waals surface area (Å²) >= 11 is 0. The Morgan fingerprint density at radius 3 is 1.92 bits per heavy atom. The number of amides is 2. The van der Waals surface area contributed by atoms with E-state index in [-0.39, 0.29) is 23.3 Å². The molecule has 1 heterocycles. The number of hydrogen-bond acceptors (Lipinski definition) is 4. The molecule has 0 radical (unpaired) electrons. The third-order valence-corrected chi connectivity index (χ3v) is 4.34. The summed E-state index contributed by atoms with van der Waals surface area (Å²) < 4.78 is 0. The average Bonchev–Trinajstić information content (AvgIpc) is 2.57. The van der Waals surface area contributed by atoms with Crippen LogP contribution in [-0.2, 0) is 22.4 Å². The highest BCUT2D eigenvalue weighted by Crippen LogP contribution is 2.19. The number of nitrogens with one attached hydrogen (secondary N) is 2. The Labute approximate surface area is 145 Å². The zero-order valence-corrected chi connectivity index (χ0v) is 13.8. The number of phenolic OH excluding ortho intramolecular Hbond substituents is 2. The Kier molecular flexibility index (Phi) is 4.61. The Morgan fingerprint density at radius 2 is 1.36 bits per heavy atom. The second-order valence-corrected chi connectivity index (χ2v) is 6.32. The number of hydrogen-bond donors (Lipinski definition) is 4. The second kappa shape index (κ2) is 6.84. The quantitative estimate of drug-likeness (QED) is 0.671. The Hall–Kier alpha value is -3.02. The molecule has 2 amide bonds. The van der Waals surface area contributed by atoms with E-state index in [1.165, 1.54) is 0 Å². The minimum Gasteiger partial charge on any atom is -0.508 e. The predicted octanol–water partition coefficient (Wildman–Crippen LogP) is 1.17. The highest BCUT2D eigenvalue weighted by molar-refractivity contribution is 5.97. The fourth-order valence-corrected chi connectivity index (χ4v) is 2.91. The molecule has 130 valence electrons. The molecule has 2 atom stereocenters. The molecule has 1 aliphatic rings. The van der Waals surface area contributed by atoms with Crippen LogP contribution in [0.4, 0.5) is 0 Å². The van der Waals surface area contributed by atoms with Crippen molar-refractivity contribution < 1.29 is 19.8 Å². The van der Waals surface area contributed by atoms with Crippen LogP contribution in [0.25, 0.3) is 0 Å². The first kappa shape index (κ1) is 16.8. The van der Waals surface area contributed by atoms with Gasteiger partial charge in [-0.2, -0.15) is 0 Å². The van der Waals surface area contributed by atoms with E-state index >= 15 is 0 Å². The molecule has 0 unspecified atom stereocenters. The maximum absolute atomic E-state index is 12.3. The summed E-state index contributed by atoms with van der Waals surface area (Å²) in [4.78, 5) is 24.7. The van der Waals surface area contributed by atoms with Gasteiger partial charge in [0.1, 0.15) is 23.6 Å². The summed E-state index contributed by atoms with van der Waals surface area (Å²) in [6.45, 7) is 1.78. The van der Waals surface area contributed by atoms with Crippen molar-refractivity contribution in [1.82, 2.24) is 10.6 Å². The van der Waals surface area contributed by atoms with Gasteiger partial charge in [0.25, 0.3) is 0 Å². The van der Waals surface area contributed by atoms with Gasteiger partial charge in [-0.3, -0.25) is 9.59 Å². The van der Waals surface area contributed by atoms with Gasteiger partial charge in [0, 0.05) is 12.8 Å². The topological polar surface area (TPSA) is 98.7 Å². The number of phenols is 2. The lowest BCUT2D eigenvalue weighted by Crippen LogP contribution is -2.62. The summed E-state index contributed by atoms with van der Waals surface area (Å²) in [6, 6.07) is 10.4. The third kappa shape index (κ3) is 3.91. The number of carbonyl (C=O) groups is 2. The minimum atomic E-state index is -0.632. The number of carbonyl (C=O) groups excluding carboxylic acids is 2. The van der Waals surface area contributed by atoms with Crippen molar-refractivity contribution in [2.45, 2.75) is 31.8 Å². The first-order chi connectivity index (χ1) is 11.9. The number of aromatic hydroxyl groups is 2. The van der Waals surface area contributed by atoms with Crippen LogP contribution in [0.1, 0.15) is 16.7 Å². The summed E-state index contributed by atoms with van der Waals surface area (Å²) in [5.41, 5.74) is 2.45. The summed E-state index contributed by atoms with van der Waals surface area (Å²) in [5, 5.41) is 24.4. The van der Waals surface area contributed by atoms with E-state index in [0.29, 0.717) is 12.8 Å². The molecule has 0 aliphatic carbocycles. The van der Waals surface area contributed by atoms with Crippen LogP contribution < -0.4 is 10.6 Å². The molecule has 2 aromatic carbocycles. The average molecular weight is 340 g/mol. The van der Waals surface area contributed by atoms with Crippen LogP contribution in [0, 0.1) is 6.92 Å². The second-order valence-electron chi connectivity index (χ2n) is 6.32. The van der Waals surface area contributed by atoms with Crippen LogP contribution in [0.15, 0.2) is 42.5 Å². The van der Waals surface area contributed by atoms with Gasteiger partial charge in [0.05, 0.1) is 0 Å². The van der Waals surface area contributed by atoms with Gasteiger partial charge < -0.3 is 20.8 Å². The minimum absolute atomic E-state index is 0.158. The van der Waals surface area contributed by atoms with Gasteiger partial charge >= 0.3 is 0 Å². The smallest absolute Gasteiger partial charge is 0.243 e. The van der Waals surface area contributed by atoms with Crippen molar-refractivity contribution in [3.05, 3.63) is 59.2 Å². The van der Waals surface area contributed by atoms with E-state index in [1.54, 1.807) is 49.4 Å². The fraction of sp³-hybridized carbons (Fsp3) is 0.263. The molecule has 1 fully saturated rings. The molecule has 25 heavy (non-hydrogen) atoms. The first-order valence-corrected chi connectivity index (χ1v) is 8.09. The normalized spacial score (nSPS) is 20.0. The molecule has 3 rings (SSSR count). The number of rotatable bonds is 4. The van der Waals surface area contributed by atoms with Crippen LogP contribution in [0.2, 0.25) is 0 Å². The summed E-state index contributed by atoms with van der Waals surface area (Å²) in [6.07, 6.45) is 0.730. The van der Waals surface area contributed by atoms with E-state index < -0.39 is 12.1 Å². The molecule has 0 aromatic heterocycles. The highest BCUT2D eigenvalue weighted by Gasteiger charge is 2.33. The number of aryl methyl sites for hydroxylation is 1. The monoisotopic (exact) mass is 340 g/mol.